The summed E-state index contributed by atoms with van der Waals surface area (Å²) in [5.74, 6) is -0.0346. The van der Waals surface area contributed by atoms with Crippen molar-refractivity contribution in [3.05, 3.63) is 59.7 Å². The molecule has 1 N–H and O–H groups in total. The first-order valence-electron chi connectivity index (χ1n) is 8.87. The Kier molecular flexibility index (Phi) is 5.32. The zero-order valence-electron chi connectivity index (χ0n) is 15.1. The van der Waals surface area contributed by atoms with Crippen molar-refractivity contribution in [2.75, 3.05) is 11.3 Å². The van der Waals surface area contributed by atoms with Gasteiger partial charge in [-0.2, -0.15) is 0 Å². The van der Waals surface area contributed by atoms with Crippen LogP contribution in [0.1, 0.15) is 42.1 Å². The van der Waals surface area contributed by atoms with E-state index in [9.17, 15) is 13.2 Å². The number of carbonyl (C=O) groups is 1. The van der Waals surface area contributed by atoms with Gasteiger partial charge in [-0.05, 0) is 69.5 Å². The molecule has 3 rings (SSSR count). The standard InChI is InChI=1S/C20H24N2O3S/c1-15-6-10-18(11-7-15)21-26(24,25)19-12-8-17(9-13-19)20(23)22-14-4-3-5-16(22)2/h6-13,16,21H,3-5,14H2,1-2H3/t16-/m0/s1. The van der Waals surface area contributed by atoms with Crippen LogP contribution in [0.15, 0.2) is 53.4 Å². The molecule has 0 radical (unpaired) electrons. The van der Waals surface area contributed by atoms with E-state index in [2.05, 4.69) is 11.6 Å². The van der Waals surface area contributed by atoms with Gasteiger partial charge < -0.3 is 4.90 Å². The predicted octanol–water partition coefficient (Wildman–Crippen LogP) is 3.81. The largest absolute Gasteiger partial charge is 0.336 e. The van der Waals surface area contributed by atoms with E-state index in [1.165, 1.54) is 12.1 Å². The van der Waals surface area contributed by atoms with Crippen molar-refractivity contribution in [3.8, 4) is 0 Å². The van der Waals surface area contributed by atoms with Crippen LogP contribution in [0.25, 0.3) is 0 Å². The van der Waals surface area contributed by atoms with Gasteiger partial charge in [0, 0.05) is 23.8 Å². The number of aryl methyl sites for hydroxylation is 1. The van der Waals surface area contributed by atoms with Gasteiger partial charge in [0.25, 0.3) is 15.9 Å². The second kappa shape index (κ2) is 7.50. The number of rotatable bonds is 4. The summed E-state index contributed by atoms with van der Waals surface area (Å²) >= 11 is 0. The van der Waals surface area contributed by atoms with Gasteiger partial charge in [0.15, 0.2) is 0 Å². The van der Waals surface area contributed by atoms with E-state index in [0.29, 0.717) is 11.3 Å². The molecule has 1 atom stereocenters. The molecule has 0 aromatic heterocycles. The van der Waals surface area contributed by atoms with Crippen molar-refractivity contribution >= 4 is 21.6 Å². The van der Waals surface area contributed by atoms with E-state index in [1.54, 1.807) is 24.3 Å². The minimum absolute atomic E-state index is 0.0346. The van der Waals surface area contributed by atoms with E-state index in [1.807, 2.05) is 24.0 Å². The van der Waals surface area contributed by atoms with Crippen LogP contribution in [0.5, 0.6) is 0 Å². The van der Waals surface area contributed by atoms with E-state index in [0.717, 1.165) is 31.4 Å². The van der Waals surface area contributed by atoms with Crippen LogP contribution in [0, 0.1) is 6.92 Å². The number of sulfonamides is 1. The number of nitrogens with one attached hydrogen (secondary N) is 1. The summed E-state index contributed by atoms with van der Waals surface area (Å²) in [6.07, 6.45) is 3.18. The summed E-state index contributed by atoms with van der Waals surface area (Å²) in [5.41, 5.74) is 2.09. The summed E-state index contributed by atoms with van der Waals surface area (Å²) in [7, 11) is -3.68. The monoisotopic (exact) mass is 372 g/mol. The Bertz CT molecular complexity index is 874. The van der Waals surface area contributed by atoms with Crippen LogP contribution in [0.2, 0.25) is 0 Å². The summed E-state index contributed by atoms with van der Waals surface area (Å²) in [6, 6.07) is 13.5. The molecule has 26 heavy (non-hydrogen) atoms. The van der Waals surface area contributed by atoms with E-state index >= 15 is 0 Å². The highest BCUT2D eigenvalue weighted by Crippen LogP contribution is 2.21. The lowest BCUT2D eigenvalue weighted by Crippen LogP contribution is -2.42. The molecule has 138 valence electrons. The molecule has 0 unspecified atom stereocenters. The highest BCUT2D eigenvalue weighted by atomic mass is 32.2. The Morgan fingerprint density at radius 3 is 2.31 bits per heavy atom. The maximum Gasteiger partial charge on any atom is 0.261 e. The van der Waals surface area contributed by atoms with Crippen molar-refractivity contribution in [1.29, 1.82) is 0 Å². The molecule has 0 spiro atoms. The number of anilines is 1. The van der Waals surface area contributed by atoms with Crippen LogP contribution in [-0.2, 0) is 10.0 Å². The number of piperidine rings is 1. The zero-order chi connectivity index (χ0) is 18.7. The number of nitrogens with zero attached hydrogens (tertiary/aromatic N) is 1. The fourth-order valence-corrected chi connectivity index (χ4v) is 4.24. The molecule has 1 aliphatic heterocycles. The minimum atomic E-state index is -3.68. The number of hydrogen-bond acceptors (Lipinski definition) is 3. The van der Waals surface area contributed by atoms with Gasteiger partial charge in [-0.15, -0.1) is 0 Å². The van der Waals surface area contributed by atoms with E-state index in [4.69, 9.17) is 0 Å². The lowest BCUT2D eigenvalue weighted by Gasteiger charge is -2.33. The van der Waals surface area contributed by atoms with Crippen molar-refractivity contribution in [1.82, 2.24) is 4.90 Å². The lowest BCUT2D eigenvalue weighted by atomic mass is 10.0. The molecular formula is C20H24N2O3S. The third kappa shape index (κ3) is 4.07. The number of amides is 1. The molecule has 1 heterocycles. The highest BCUT2D eigenvalue weighted by Gasteiger charge is 2.24. The molecule has 0 aliphatic carbocycles. The Balaban J connectivity index is 1.75. The molecule has 2 aromatic carbocycles. The maximum atomic E-state index is 12.7. The summed E-state index contributed by atoms with van der Waals surface area (Å²) in [4.78, 5) is 14.7. The minimum Gasteiger partial charge on any atom is -0.336 e. The quantitative estimate of drug-likeness (QED) is 0.887. The third-order valence-electron chi connectivity index (χ3n) is 4.78. The van der Waals surface area contributed by atoms with Crippen LogP contribution in [-0.4, -0.2) is 31.8 Å². The number of carbonyl (C=O) groups excluding carboxylic acids is 1. The Labute approximate surface area is 155 Å². The first kappa shape index (κ1) is 18.5. The van der Waals surface area contributed by atoms with Gasteiger partial charge in [0.05, 0.1) is 4.90 Å². The third-order valence-corrected chi connectivity index (χ3v) is 6.18. The Hall–Kier alpha value is -2.34. The number of hydrogen-bond donors (Lipinski definition) is 1. The average molecular weight is 372 g/mol. The predicted molar refractivity (Wildman–Crippen MR) is 103 cm³/mol. The molecule has 1 saturated heterocycles. The van der Waals surface area contributed by atoms with Crippen LogP contribution < -0.4 is 4.72 Å². The van der Waals surface area contributed by atoms with Gasteiger partial charge >= 0.3 is 0 Å². The van der Waals surface area contributed by atoms with Crippen LogP contribution >= 0.6 is 0 Å². The molecule has 1 amide bonds. The molecule has 6 heteroatoms. The second-order valence-corrected chi connectivity index (χ2v) is 8.52. The first-order chi connectivity index (χ1) is 12.4. The Morgan fingerprint density at radius 1 is 1.04 bits per heavy atom. The van der Waals surface area contributed by atoms with Gasteiger partial charge in [-0.1, -0.05) is 17.7 Å². The molecular weight excluding hydrogens is 348 g/mol. The normalized spacial score (nSPS) is 17.8. The average Bonchev–Trinajstić information content (AvgIpc) is 2.63. The van der Waals surface area contributed by atoms with Crippen molar-refractivity contribution in [2.45, 2.75) is 44.0 Å². The van der Waals surface area contributed by atoms with Crippen LogP contribution in [0.3, 0.4) is 0 Å². The summed E-state index contributed by atoms with van der Waals surface area (Å²) < 4.78 is 27.6. The molecule has 1 aliphatic rings. The van der Waals surface area contributed by atoms with Gasteiger partial charge in [-0.25, -0.2) is 8.42 Å². The molecule has 0 saturated carbocycles. The zero-order valence-corrected chi connectivity index (χ0v) is 15.9. The Morgan fingerprint density at radius 2 is 1.69 bits per heavy atom. The maximum absolute atomic E-state index is 12.7. The van der Waals surface area contributed by atoms with Gasteiger partial charge in [0.1, 0.15) is 0 Å². The SMILES string of the molecule is Cc1ccc(NS(=O)(=O)c2ccc(C(=O)N3CCCC[C@@H]3C)cc2)cc1. The van der Waals surface area contributed by atoms with Crippen LogP contribution in [0.4, 0.5) is 5.69 Å². The summed E-state index contributed by atoms with van der Waals surface area (Å²) in [5, 5.41) is 0. The van der Waals surface area contributed by atoms with Gasteiger partial charge in [-0.3, -0.25) is 9.52 Å². The fraction of sp³-hybridized carbons (Fsp3) is 0.350. The van der Waals surface area contributed by atoms with Gasteiger partial charge in [0.2, 0.25) is 0 Å². The highest BCUT2D eigenvalue weighted by molar-refractivity contribution is 7.92. The molecule has 0 bridgehead atoms. The van der Waals surface area contributed by atoms with Crippen molar-refractivity contribution in [3.63, 3.8) is 0 Å². The van der Waals surface area contributed by atoms with E-state index < -0.39 is 10.0 Å². The molecule has 2 aromatic rings. The van der Waals surface area contributed by atoms with Crippen molar-refractivity contribution < 1.29 is 13.2 Å². The number of likely N-dealkylation sites (tertiary alicyclic amines) is 1. The fourth-order valence-electron chi connectivity index (χ4n) is 3.18. The second-order valence-electron chi connectivity index (χ2n) is 6.84. The molecule has 5 nitrogen and oxygen atoms in total. The summed E-state index contributed by atoms with van der Waals surface area (Å²) in [6.45, 7) is 4.76. The number of benzene rings is 2. The topological polar surface area (TPSA) is 66.5 Å². The lowest BCUT2D eigenvalue weighted by molar-refractivity contribution is 0.0635. The molecule has 1 fully saturated rings. The van der Waals surface area contributed by atoms with E-state index in [-0.39, 0.29) is 16.8 Å². The van der Waals surface area contributed by atoms with Crippen molar-refractivity contribution in [2.24, 2.45) is 0 Å². The first-order valence-corrected chi connectivity index (χ1v) is 10.4. The smallest absolute Gasteiger partial charge is 0.261 e.